The second-order valence-electron chi connectivity index (χ2n) is 12.2. The zero-order valence-electron chi connectivity index (χ0n) is 29.0. The summed E-state index contributed by atoms with van der Waals surface area (Å²) < 4.78 is 34.7. The highest BCUT2D eigenvalue weighted by Crippen LogP contribution is 2.50. The van der Waals surface area contributed by atoms with Crippen LogP contribution in [0.2, 0.25) is 0 Å². The van der Waals surface area contributed by atoms with Gasteiger partial charge in [0.15, 0.2) is 6.29 Å². The molecule has 2 aliphatic heterocycles. The number of aromatic amines is 1. The molecule has 51 heavy (non-hydrogen) atoms. The second kappa shape index (κ2) is 21.3. The zero-order chi connectivity index (χ0) is 37.6. The Morgan fingerprint density at radius 3 is 2.53 bits per heavy atom. The number of carbonyl (C=O) groups is 2. The Bertz CT molecular complexity index is 1450. The summed E-state index contributed by atoms with van der Waals surface area (Å²) in [5, 5.41) is 35.2. The molecule has 2 aliphatic rings. The van der Waals surface area contributed by atoms with Crippen LogP contribution < -0.4 is 21.9 Å². The minimum absolute atomic E-state index is 0.0936. The number of rotatable bonds is 21. The van der Waals surface area contributed by atoms with E-state index in [-0.39, 0.29) is 25.5 Å². The fourth-order valence-electron chi connectivity index (χ4n) is 5.86. The Labute approximate surface area is 300 Å². The summed E-state index contributed by atoms with van der Waals surface area (Å²) >= 11 is 5.09. The van der Waals surface area contributed by atoms with Crippen LogP contribution in [0.25, 0.3) is 0 Å². The number of hydrogen-bond acceptors (Lipinski definition) is 14. The fourth-order valence-corrected chi connectivity index (χ4v) is 6.85. The third-order valence-corrected chi connectivity index (χ3v) is 10.1. The quantitative estimate of drug-likeness (QED) is 0.0465. The number of nitrogens with zero attached hydrogens (tertiary/aromatic N) is 1. The van der Waals surface area contributed by atoms with Crippen molar-refractivity contribution in [1.82, 2.24) is 20.2 Å². The van der Waals surface area contributed by atoms with E-state index < -0.39 is 85.5 Å². The van der Waals surface area contributed by atoms with Crippen molar-refractivity contribution in [2.24, 2.45) is 5.92 Å². The number of H-pyrrole nitrogens is 1. The molecule has 1 aromatic rings. The molecule has 2 saturated heterocycles. The van der Waals surface area contributed by atoms with Crippen molar-refractivity contribution < 1.29 is 57.8 Å². The molecule has 3 heterocycles. The Kier molecular flexibility index (Phi) is 18.0. The third-order valence-electron chi connectivity index (χ3n) is 8.44. The van der Waals surface area contributed by atoms with E-state index >= 15 is 0 Å². The van der Waals surface area contributed by atoms with E-state index in [2.05, 4.69) is 15.6 Å². The standard InChI is InChI=1S/C31H51N4O14PS/c1-19(37)33-25-27(41)26(40)21(17-36)48-30(25)46-16-10-8-12-23(38)32-14-9-6-4-5-7-11-20-28(49-50(43,51)45-3)22(18-44-2)47-29(20)35-15-13-24(39)34-31(35)42/h5,7,13,15,20-22,25-30,36,40-41H,4,6,8-12,14,16-18H2,1-3H3,(H,32,38)(H,33,37)(H,43,51)(H,34,39,42)/b7-5+/t20-,21+,22+,25+,26-,27+,28?,29+,30+,50?/m0/s1. The maximum Gasteiger partial charge on any atom is 0.330 e. The number of unbranched alkanes of at least 4 members (excludes halogenated alkanes) is 3. The number of ether oxygens (including phenoxy) is 4. The molecule has 0 radical (unpaired) electrons. The molecule has 1 aromatic heterocycles. The first-order chi connectivity index (χ1) is 24.3. The SMILES string of the molecule is COC[C@H]1O[C@@H](n2ccc(=O)[nH]c2=O)[C@@H](C/C=C/CCCCNC(=O)CCCCO[C@@H]2O[C@H](CO)[C@H](O)[C@H](O)[C@H]2NC(C)=O)C1OP(O)(=S)OC. The number of carbonyl (C=O) groups excluding carboxylic acids is 2. The van der Waals surface area contributed by atoms with Gasteiger partial charge < -0.3 is 58.8 Å². The van der Waals surface area contributed by atoms with Crippen LogP contribution in [-0.2, 0) is 49.4 Å². The van der Waals surface area contributed by atoms with E-state index in [0.29, 0.717) is 32.2 Å². The molecule has 18 nitrogen and oxygen atoms in total. The maximum absolute atomic E-state index is 12.6. The zero-order valence-corrected chi connectivity index (χ0v) is 30.7. The molecular formula is C31H51N4O14PS. The van der Waals surface area contributed by atoms with Crippen molar-refractivity contribution in [2.75, 3.05) is 40.6 Å². The highest BCUT2D eigenvalue weighted by molar-refractivity contribution is 8.07. The molecule has 0 aliphatic carbocycles. The first-order valence-corrected chi connectivity index (χ1v) is 19.4. The number of aliphatic hydroxyl groups is 3. The molecule has 0 aromatic carbocycles. The molecule has 2 amide bonds. The third kappa shape index (κ3) is 13.2. The lowest BCUT2D eigenvalue weighted by molar-refractivity contribution is -0.270. The number of nitrogens with one attached hydrogen (secondary N) is 3. The van der Waals surface area contributed by atoms with Crippen LogP contribution in [0.3, 0.4) is 0 Å². The largest absolute Gasteiger partial charge is 0.394 e. The summed E-state index contributed by atoms with van der Waals surface area (Å²) in [6, 6.07) is 0.193. The summed E-state index contributed by atoms with van der Waals surface area (Å²) in [5.41, 5.74) is -1.21. The smallest absolute Gasteiger partial charge is 0.330 e. The monoisotopic (exact) mass is 766 g/mol. The van der Waals surface area contributed by atoms with E-state index in [0.717, 1.165) is 12.8 Å². The predicted octanol–water partition coefficient (Wildman–Crippen LogP) is -0.692. The van der Waals surface area contributed by atoms with Crippen molar-refractivity contribution in [3.05, 3.63) is 45.3 Å². The van der Waals surface area contributed by atoms with E-state index in [1.54, 1.807) is 0 Å². The topological polar surface area (TPSA) is 249 Å². The van der Waals surface area contributed by atoms with Crippen molar-refractivity contribution in [3.8, 4) is 0 Å². The molecule has 0 spiro atoms. The number of amides is 2. The van der Waals surface area contributed by atoms with Gasteiger partial charge in [0.1, 0.15) is 42.8 Å². The lowest BCUT2D eigenvalue weighted by Gasteiger charge is -2.42. The molecule has 0 bridgehead atoms. The minimum Gasteiger partial charge on any atom is -0.394 e. The van der Waals surface area contributed by atoms with Gasteiger partial charge in [-0.1, -0.05) is 12.2 Å². The van der Waals surface area contributed by atoms with Gasteiger partial charge in [-0.05, 0) is 50.3 Å². The number of aromatic nitrogens is 2. The van der Waals surface area contributed by atoms with Crippen LogP contribution in [0.1, 0.15) is 58.1 Å². The summed E-state index contributed by atoms with van der Waals surface area (Å²) in [7, 11) is 2.72. The van der Waals surface area contributed by atoms with E-state index in [4.69, 9.17) is 39.8 Å². The minimum atomic E-state index is -3.61. The lowest BCUT2D eigenvalue weighted by atomic mass is 9.95. The van der Waals surface area contributed by atoms with Crippen LogP contribution in [0.5, 0.6) is 0 Å². The summed E-state index contributed by atoms with van der Waals surface area (Å²) in [6.07, 6.45) is 1.87. The molecule has 0 saturated carbocycles. The van der Waals surface area contributed by atoms with Gasteiger partial charge in [0, 0.05) is 58.9 Å². The average molecular weight is 767 g/mol. The molecule has 290 valence electrons. The van der Waals surface area contributed by atoms with Gasteiger partial charge in [-0.25, -0.2) is 4.79 Å². The van der Waals surface area contributed by atoms with E-state index in [1.165, 1.54) is 38.0 Å². The van der Waals surface area contributed by atoms with Gasteiger partial charge in [0.05, 0.1) is 13.2 Å². The fraction of sp³-hybridized carbons (Fsp3) is 0.742. The first kappa shape index (κ1) is 43.0. The number of hydrogen-bond donors (Lipinski definition) is 7. The highest BCUT2D eigenvalue weighted by atomic mass is 32.5. The lowest BCUT2D eigenvalue weighted by Crippen LogP contribution is -2.64. The molecule has 10 atom stereocenters. The highest BCUT2D eigenvalue weighted by Gasteiger charge is 2.48. The maximum atomic E-state index is 12.6. The van der Waals surface area contributed by atoms with Crippen LogP contribution in [-0.4, -0.2) is 125 Å². The molecule has 2 fully saturated rings. The van der Waals surface area contributed by atoms with Gasteiger partial charge in [-0.3, -0.25) is 23.9 Å². The van der Waals surface area contributed by atoms with Gasteiger partial charge in [-0.15, -0.1) is 0 Å². The van der Waals surface area contributed by atoms with Crippen LogP contribution >= 0.6 is 6.72 Å². The van der Waals surface area contributed by atoms with E-state index in [9.17, 15) is 39.4 Å². The summed E-state index contributed by atoms with van der Waals surface area (Å²) in [5.74, 6) is -1.05. The summed E-state index contributed by atoms with van der Waals surface area (Å²) in [4.78, 5) is 60.8. The van der Waals surface area contributed by atoms with Crippen LogP contribution in [0.4, 0.5) is 0 Å². The Hall–Kier alpha value is -2.39. The van der Waals surface area contributed by atoms with Crippen molar-refractivity contribution in [3.63, 3.8) is 0 Å². The molecule has 2 unspecified atom stereocenters. The average Bonchev–Trinajstić information content (AvgIpc) is 3.40. The number of aliphatic hydroxyl groups excluding tert-OH is 3. The van der Waals surface area contributed by atoms with Crippen molar-refractivity contribution >= 4 is 30.3 Å². The predicted molar refractivity (Wildman–Crippen MR) is 185 cm³/mol. The normalized spacial score (nSPS) is 29.2. The van der Waals surface area contributed by atoms with Crippen LogP contribution in [0.15, 0.2) is 34.0 Å². The second-order valence-corrected chi connectivity index (χ2v) is 15.1. The van der Waals surface area contributed by atoms with Crippen molar-refractivity contribution in [1.29, 1.82) is 0 Å². The number of methoxy groups -OCH3 is 1. The summed E-state index contributed by atoms with van der Waals surface area (Å²) in [6.45, 7) is -2.14. The molecule has 3 rings (SSSR count). The Morgan fingerprint density at radius 1 is 1.10 bits per heavy atom. The molecular weight excluding hydrogens is 715 g/mol. The van der Waals surface area contributed by atoms with Crippen LogP contribution in [0, 0.1) is 5.92 Å². The molecule has 20 heteroatoms. The van der Waals surface area contributed by atoms with E-state index in [1.807, 2.05) is 12.2 Å². The Morgan fingerprint density at radius 2 is 1.86 bits per heavy atom. The van der Waals surface area contributed by atoms with Gasteiger partial charge in [-0.2, -0.15) is 0 Å². The molecule has 7 N–H and O–H groups in total. The van der Waals surface area contributed by atoms with Gasteiger partial charge in [0.25, 0.3) is 5.56 Å². The van der Waals surface area contributed by atoms with Crippen molar-refractivity contribution in [2.45, 2.75) is 101 Å². The van der Waals surface area contributed by atoms with Gasteiger partial charge >= 0.3 is 12.4 Å². The Balaban J connectivity index is 1.40. The number of allylic oxidation sites excluding steroid dienone is 2. The van der Waals surface area contributed by atoms with Gasteiger partial charge in [0.2, 0.25) is 11.8 Å². The first-order valence-electron chi connectivity index (χ1n) is 16.8.